The summed E-state index contributed by atoms with van der Waals surface area (Å²) < 4.78 is 10.8. The van der Waals surface area contributed by atoms with Gasteiger partial charge >= 0.3 is 0 Å². The van der Waals surface area contributed by atoms with E-state index in [1.807, 2.05) is 12.1 Å². The first kappa shape index (κ1) is 23.4. The van der Waals surface area contributed by atoms with Gasteiger partial charge in [0.1, 0.15) is 5.76 Å². The molecule has 1 aliphatic carbocycles. The first-order chi connectivity index (χ1) is 13.3. The largest absolute Gasteiger partial charge is 0.469 e. The van der Waals surface area contributed by atoms with Gasteiger partial charge in [0.15, 0.2) is 5.96 Å². The number of nitrogens with zero attached hydrogens (tertiary/aromatic N) is 2. The lowest BCUT2D eigenvalue weighted by atomic mass is 9.93. The van der Waals surface area contributed by atoms with Gasteiger partial charge in [-0.25, -0.2) is 0 Å². The van der Waals surface area contributed by atoms with Crippen LogP contribution < -0.4 is 10.6 Å². The minimum Gasteiger partial charge on any atom is -0.469 e. The average molecular weight is 506 g/mol. The lowest BCUT2D eigenvalue weighted by Crippen LogP contribution is -2.46. The molecule has 0 unspecified atom stereocenters. The Morgan fingerprint density at radius 3 is 2.71 bits per heavy atom. The topological polar surface area (TPSA) is 82.3 Å². The van der Waals surface area contributed by atoms with E-state index in [2.05, 4.69) is 15.5 Å². The molecule has 7 nitrogen and oxygen atoms in total. The number of ether oxygens (including phenoxy) is 1. The molecule has 0 bridgehead atoms. The first-order valence-corrected chi connectivity index (χ1v) is 10.3. The van der Waals surface area contributed by atoms with Crippen molar-refractivity contribution in [3.63, 3.8) is 0 Å². The van der Waals surface area contributed by atoms with Gasteiger partial charge in [-0.1, -0.05) is 0 Å². The number of morpholine rings is 1. The highest BCUT2D eigenvalue weighted by atomic mass is 127. The second-order valence-corrected chi connectivity index (χ2v) is 7.44. The lowest BCUT2D eigenvalue weighted by Gasteiger charge is -2.28. The molecule has 2 fully saturated rings. The van der Waals surface area contributed by atoms with Crippen LogP contribution in [0.15, 0.2) is 27.8 Å². The molecular weight excluding hydrogens is 471 g/mol. The van der Waals surface area contributed by atoms with E-state index in [0.717, 1.165) is 96.2 Å². The predicted octanol–water partition coefficient (Wildman–Crippen LogP) is 2.00. The summed E-state index contributed by atoms with van der Waals surface area (Å²) in [6.45, 7) is 6.42. The summed E-state index contributed by atoms with van der Waals surface area (Å²) in [4.78, 5) is 7.23. The predicted molar refractivity (Wildman–Crippen MR) is 121 cm³/mol. The van der Waals surface area contributed by atoms with Gasteiger partial charge in [0.05, 0.1) is 25.6 Å². The maximum absolute atomic E-state index is 9.71. The van der Waals surface area contributed by atoms with Gasteiger partial charge in [0.2, 0.25) is 0 Å². The van der Waals surface area contributed by atoms with Crippen molar-refractivity contribution >= 4 is 29.9 Å². The van der Waals surface area contributed by atoms with Crippen molar-refractivity contribution in [2.45, 2.75) is 50.7 Å². The number of aliphatic hydroxyl groups is 1. The zero-order valence-electron chi connectivity index (χ0n) is 16.6. The smallest absolute Gasteiger partial charge is 0.191 e. The van der Waals surface area contributed by atoms with Gasteiger partial charge in [0.25, 0.3) is 0 Å². The number of hydrogen-bond acceptors (Lipinski definition) is 5. The fraction of sp³-hybridized carbons (Fsp3) is 0.750. The molecular formula is C20H35IN4O3. The van der Waals surface area contributed by atoms with E-state index in [4.69, 9.17) is 14.1 Å². The number of nitrogens with one attached hydrogen (secondary N) is 2. The van der Waals surface area contributed by atoms with Crippen molar-refractivity contribution in [2.75, 3.05) is 45.9 Å². The molecule has 2 heterocycles. The second-order valence-electron chi connectivity index (χ2n) is 7.44. The Kier molecular flexibility index (Phi) is 11.2. The van der Waals surface area contributed by atoms with Crippen LogP contribution in [0.3, 0.4) is 0 Å². The second kappa shape index (κ2) is 13.4. The quantitative estimate of drug-likeness (QED) is 0.217. The number of rotatable bonds is 8. The molecule has 0 radical (unpaired) electrons. The van der Waals surface area contributed by atoms with Crippen molar-refractivity contribution < 1.29 is 14.3 Å². The number of guanidine groups is 1. The molecule has 0 amide bonds. The molecule has 8 heteroatoms. The standard InChI is InChI=1S/C20H34N4O3.HI/c25-18-6-4-17(5-7-18)23-20(22-10-8-19-3-1-14-27-19)21-9-2-11-24-12-15-26-16-13-24;/h1,3,14,17-18,25H,2,4-13,15-16H2,(H2,21,22,23);1H. The SMILES string of the molecule is I.OC1CCC(NC(=NCCCN2CCOCC2)NCCc2ccco2)CC1. The number of hydrogen-bond donors (Lipinski definition) is 3. The summed E-state index contributed by atoms with van der Waals surface area (Å²) in [5.74, 6) is 1.86. The molecule has 2 aliphatic rings. The van der Waals surface area contributed by atoms with Gasteiger partial charge in [-0.15, -0.1) is 24.0 Å². The molecule has 28 heavy (non-hydrogen) atoms. The number of halogens is 1. The Morgan fingerprint density at radius 2 is 2.00 bits per heavy atom. The number of aliphatic imine (C=N–C) groups is 1. The number of furan rings is 1. The van der Waals surface area contributed by atoms with Crippen molar-refractivity contribution in [3.8, 4) is 0 Å². The summed E-state index contributed by atoms with van der Waals surface area (Å²) in [7, 11) is 0. The van der Waals surface area contributed by atoms with Crippen LogP contribution in [0.5, 0.6) is 0 Å². The van der Waals surface area contributed by atoms with Gasteiger partial charge in [-0.3, -0.25) is 9.89 Å². The highest BCUT2D eigenvalue weighted by Crippen LogP contribution is 2.18. The molecule has 0 atom stereocenters. The van der Waals surface area contributed by atoms with Crippen LogP contribution in [0, 0.1) is 0 Å². The molecule has 1 saturated carbocycles. The molecule has 1 saturated heterocycles. The Bertz CT molecular complexity index is 542. The number of aliphatic hydroxyl groups excluding tert-OH is 1. The summed E-state index contributed by atoms with van der Waals surface area (Å²) in [5.41, 5.74) is 0. The zero-order chi connectivity index (χ0) is 18.7. The third-order valence-corrected chi connectivity index (χ3v) is 5.29. The van der Waals surface area contributed by atoms with Crippen LogP contribution in [-0.2, 0) is 11.2 Å². The van der Waals surface area contributed by atoms with E-state index in [1.54, 1.807) is 6.26 Å². The Labute approximate surface area is 185 Å². The molecule has 0 spiro atoms. The fourth-order valence-electron chi connectivity index (χ4n) is 3.63. The minimum atomic E-state index is -0.135. The Morgan fingerprint density at radius 1 is 1.21 bits per heavy atom. The third kappa shape index (κ3) is 8.67. The molecule has 3 N–H and O–H groups in total. The minimum absolute atomic E-state index is 0. The van der Waals surface area contributed by atoms with Crippen LogP contribution in [0.1, 0.15) is 37.9 Å². The Balaban J connectivity index is 0.00000280. The van der Waals surface area contributed by atoms with Gasteiger partial charge < -0.3 is 24.9 Å². The van der Waals surface area contributed by atoms with E-state index in [1.165, 1.54) is 0 Å². The van der Waals surface area contributed by atoms with Crippen LogP contribution >= 0.6 is 24.0 Å². The van der Waals surface area contributed by atoms with E-state index in [0.29, 0.717) is 6.04 Å². The summed E-state index contributed by atoms with van der Waals surface area (Å²) in [5, 5.41) is 16.7. The Hall–Kier alpha value is -0.840. The third-order valence-electron chi connectivity index (χ3n) is 5.29. The van der Waals surface area contributed by atoms with Crippen LogP contribution in [0.4, 0.5) is 0 Å². The summed E-state index contributed by atoms with van der Waals surface area (Å²) in [6.07, 6.45) is 7.19. The van der Waals surface area contributed by atoms with Crippen molar-refractivity contribution in [3.05, 3.63) is 24.2 Å². The monoisotopic (exact) mass is 506 g/mol. The molecule has 1 aromatic heterocycles. The highest BCUT2D eigenvalue weighted by Gasteiger charge is 2.20. The lowest BCUT2D eigenvalue weighted by molar-refractivity contribution is 0.0377. The van der Waals surface area contributed by atoms with Crippen molar-refractivity contribution in [1.82, 2.24) is 15.5 Å². The van der Waals surface area contributed by atoms with Gasteiger partial charge in [-0.05, 0) is 44.2 Å². The highest BCUT2D eigenvalue weighted by molar-refractivity contribution is 14.0. The van der Waals surface area contributed by atoms with Crippen molar-refractivity contribution in [1.29, 1.82) is 0 Å². The zero-order valence-corrected chi connectivity index (χ0v) is 19.0. The van der Waals surface area contributed by atoms with E-state index in [9.17, 15) is 5.11 Å². The van der Waals surface area contributed by atoms with Crippen LogP contribution in [0.25, 0.3) is 0 Å². The van der Waals surface area contributed by atoms with Crippen LogP contribution in [-0.4, -0.2) is 74.0 Å². The maximum atomic E-state index is 9.71. The van der Waals surface area contributed by atoms with E-state index >= 15 is 0 Å². The maximum Gasteiger partial charge on any atom is 0.191 e. The first-order valence-electron chi connectivity index (χ1n) is 10.3. The average Bonchev–Trinajstić information content (AvgIpc) is 3.21. The molecule has 160 valence electrons. The molecule has 0 aromatic carbocycles. The van der Waals surface area contributed by atoms with E-state index < -0.39 is 0 Å². The van der Waals surface area contributed by atoms with Crippen molar-refractivity contribution in [2.24, 2.45) is 4.99 Å². The summed E-state index contributed by atoms with van der Waals surface area (Å²) in [6, 6.07) is 4.31. The normalized spacial score (nSPS) is 23.8. The summed E-state index contributed by atoms with van der Waals surface area (Å²) >= 11 is 0. The van der Waals surface area contributed by atoms with Gasteiger partial charge in [-0.2, -0.15) is 0 Å². The molecule has 1 aromatic rings. The van der Waals surface area contributed by atoms with Crippen LogP contribution in [0.2, 0.25) is 0 Å². The van der Waals surface area contributed by atoms with Gasteiger partial charge in [0, 0.05) is 45.2 Å². The molecule has 1 aliphatic heterocycles. The fourth-order valence-corrected chi connectivity index (χ4v) is 3.63. The molecule has 3 rings (SSSR count). The van der Waals surface area contributed by atoms with E-state index in [-0.39, 0.29) is 30.1 Å².